The molecule has 0 aromatic heterocycles. The number of hydrogen-bond acceptors (Lipinski definition) is 5. The molecule has 0 bridgehead atoms. The molecule has 0 aliphatic heterocycles. The fraction of sp³-hybridized carbons (Fsp3) is 0.130. The molecule has 1 amide bonds. The lowest BCUT2D eigenvalue weighted by atomic mass is 10.1. The van der Waals surface area contributed by atoms with Gasteiger partial charge in [-0.2, -0.15) is 0 Å². The van der Waals surface area contributed by atoms with E-state index in [1.54, 1.807) is 0 Å². The minimum absolute atomic E-state index is 0.0473. The normalized spacial score (nSPS) is 12.0. The first-order valence-corrected chi connectivity index (χ1v) is 11.6. The summed E-state index contributed by atoms with van der Waals surface area (Å²) in [5, 5.41) is 2.65. The highest BCUT2D eigenvalue weighted by molar-refractivity contribution is 7.92. The Morgan fingerprint density at radius 1 is 1.03 bits per heavy atom. The van der Waals surface area contributed by atoms with Crippen LogP contribution in [0.2, 0.25) is 5.02 Å². The Kier molecular flexibility index (Phi) is 7.67. The van der Waals surface area contributed by atoms with E-state index in [4.69, 9.17) is 16.3 Å². The first-order chi connectivity index (χ1) is 15.7. The van der Waals surface area contributed by atoms with Gasteiger partial charge in [0.25, 0.3) is 15.9 Å². The summed E-state index contributed by atoms with van der Waals surface area (Å²) in [6, 6.07) is 16.3. The zero-order chi connectivity index (χ0) is 24.0. The number of carbonyl (C=O) groups is 2. The number of sulfonamides is 1. The highest BCUT2D eigenvalue weighted by atomic mass is 35.5. The van der Waals surface area contributed by atoms with Crippen LogP contribution in [-0.2, 0) is 26.0 Å². The van der Waals surface area contributed by atoms with Gasteiger partial charge >= 0.3 is 5.97 Å². The van der Waals surface area contributed by atoms with Gasteiger partial charge in [-0.3, -0.25) is 9.52 Å². The largest absolute Gasteiger partial charge is 0.467 e. The van der Waals surface area contributed by atoms with E-state index in [0.29, 0.717) is 0 Å². The topological polar surface area (TPSA) is 102 Å². The maximum Gasteiger partial charge on any atom is 0.328 e. The van der Waals surface area contributed by atoms with Crippen LogP contribution in [0.3, 0.4) is 0 Å². The van der Waals surface area contributed by atoms with Crippen molar-refractivity contribution in [1.29, 1.82) is 0 Å². The smallest absolute Gasteiger partial charge is 0.328 e. The van der Waals surface area contributed by atoms with E-state index in [0.717, 1.165) is 29.8 Å². The van der Waals surface area contributed by atoms with E-state index in [2.05, 4.69) is 10.0 Å². The predicted octanol–water partition coefficient (Wildman–Crippen LogP) is 3.79. The fourth-order valence-corrected chi connectivity index (χ4v) is 4.28. The van der Waals surface area contributed by atoms with E-state index in [1.807, 2.05) is 30.3 Å². The first kappa shape index (κ1) is 24.2. The van der Waals surface area contributed by atoms with Crippen LogP contribution in [0, 0.1) is 5.82 Å². The molecule has 0 saturated heterocycles. The second-order valence-corrected chi connectivity index (χ2v) is 9.08. The van der Waals surface area contributed by atoms with E-state index in [9.17, 15) is 22.4 Å². The third-order valence-corrected chi connectivity index (χ3v) is 6.38. The molecule has 0 heterocycles. The summed E-state index contributed by atoms with van der Waals surface area (Å²) in [5.41, 5.74) is 0.835. The molecule has 0 spiro atoms. The summed E-state index contributed by atoms with van der Waals surface area (Å²) >= 11 is 6.11. The van der Waals surface area contributed by atoms with Crippen LogP contribution in [0.15, 0.2) is 77.7 Å². The lowest BCUT2D eigenvalue weighted by molar-refractivity contribution is -0.142. The molecule has 3 rings (SSSR count). The molecule has 0 fully saturated rings. The first-order valence-electron chi connectivity index (χ1n) is 9.70. The average Bonchev–Trinajstić information content (AvgIpc) is 2.80. The lowest BCUT2D eigenvalue weighted by Crippen LogP contribution is -2.43. The molecule has 0 radical (unpaired) electrons. The van der Waals surface area contributed by atoms with Crippen molar-refractivity contribution in [2.24, 2.45) is 0 Å². The lowest BCUT2D eigenvalue weighted by Gasteiger charge is -2.17. The van der Waals surface area contributed by atoms with Crippen LogP contribution in [0.25, 0.3) is 0 Å². The minimum Gasteiger partial charge on any atom is -0.467 e. The number of amides is 1. The van der Waals surface area contributed by atoms with E-state index in [1.165, 1.54) is 25.3 Å². The molecule has 7 nitrogen and oxygen atoms in total. The van der Waals surface area contributed by atoms with Gasteiger partial charge in [0.2, 0.25) is 0 Å². The highest BCUT2D eigenvalue weighted by Gasteiger charge is 2.24. The van der Waals surface area contributed by atoms with Crippen LogP contribution >= 0.6 is 11.6 Å². The maximum absolute atomic E-state index is 13.1. The Morgan fingerprint density at radius 3 is 2.33 bits per heavy atom. The van der Waals surface area contributed by atoms with Gasteiger partial charge in [-0.25, -0.2) is 17.6 Å². The van der Waals surface area contributed by atoms with E-state index >= 15 is 0 Å². The number of methoxy groups -OCH3 is 1. The van der Waals surface area contributed by atoms with Crippen molar-refractivity contribution in [3.05, 3.63) is 94.8 Å². The fourth-order valence-electron chi connectivity index (χ4n) is 2.99. The summed E-state index contributed by atoms with van der Waals surface area (Å²) in [6.07, 6.45) is 0.205. The second-order valence-electron chi connectivity index (χ2n) is 6.99. The van der Waals surface area contributed by atoms with Crippen molar-refractivity contribution < 1.29 is 27.1 Å². The van der Waals surface area contributed by atoms with Crippen LogP contribution in [0.1, 0.15) is 15.9 Å². The number of hydrogen-bond donors (Lipinski definition) is 2. The Bertz CT molecular complexity index is 1250. The van der Waals surface area contributed by atoms with Crippen LogP contribution in [-0.4, -0.2) is 33.4 Å². The van der Waals surface area contributed by atoms with Gasteiger partial charge < -0.3 is 10.1 Å². The van der Waals surface area contributed by atoms with Gasteiger partial charge in [0.05, 0.1) is 22.7 Å². The summed E-state index contributed by atoms with van der Waals surface area (Å²) in [6.45, 7) is 0. The molecule has 33 heavy (non-hydrogen) atoms. The predicted molar refractivity (Wildman–Crippen MR) is 122 cm³/mol. The molecule has 1 atom stereocenters. The number of anilines is 1. The minimum atomic E-state index is -4.08. The van der Waals surface area contributed by atoms with Crippen molar-refractivity contribution in [2.45, 2.75) is 17.4 Å². The third-order valence-electron chi connectivity index (χ3n) is 4.67. The molecule has 0 unspecified atom stereocenters. The molecule has 10 heteroatoms. The number of rotatable bonds is 8. The zero-order valence-corrected chi connectivity index (χ0v) is 19.0. The van der Waals surface area contributed by atoms with Gasteiger partial charge in [0.1, 0.15) is 11.9 Å². The number of nitrogens with one attached hydrogen (secondary N) is 2. The molecule has 3 aromatic carbocycles. The van der Waals surface area contributed by atoms with Crippen molar-refractivity contribution in [3.8, 4) is 0 Å². The van der Waals surface area contributed by atoms with E-state index in [-0.39, 0.29) is 27.6 Å². The van der Waals surface area contributed by atoms with Gasteiger partial charge in [-0.1, -0.05) is 41.9 Å². The number of ether oxygens (including phenoxy) is 1. The Labute approximate surface area is 195 Å². The summed E-state index contributed by atoms with van der Waals surface area (Å²) < 4.78 is 45.4. The van der Waals surface area contributed by atoms with Gasteiger partial charge in [-0.15, -0.1) is 0 Å². The standard InChI is InChI=1S/C23H20ClFN2O5S/c1-32-23(29)21(13-15-5-3-2-4-6-15)26-22(28)16-7-12-19(24)20(14-16)27-33(30,31)18-10-8-17(25)9-11-18/h2-12,14,21,27H,13H2,1H3,(H,26,28)/t21-/m1/s1. The second kappa shape index (κ2) is 10.5. The van der Waals surface area contributed by atoms with Crippen LogP contribution in [0.5, 0.6) is 0 Å². The quantitative estimate of drug-likeness (QED) is 0.468. The summed E-state index contributed by atoms with van der Waals surface area (Å²) in [5.74, 6) is -1.83. The van der Waals surface area contributed by atoms with E-state index < -0.39 is 33.8 Å². The molecule has 2 N–H and O–H groups in total. The SMILES string of the molecule is COC(=O)[C@@H](Cc1ccccc1)NC(=O)c1ccc(Cl)c(NS(=O)(=O)c2ccc(F)cc2)c1. The van der Waals surface area contributed by atoms with Crippen molar-refractivity contribution in [3.63, 3.8) is 0 Å². The van der Waals surface area contributed by atoms with Crippen molar-refractivity contribution in [2.75, 3.05) is 11.8 Å². The number of esters is 1. The zero-order valence-electron chi connectivity index (χ0n) is 17.4. The van der Waals surface area contributed by atoms with Gasteiger partial charge in [0.15, 0.2) is 0 Å². The molecule has 172 valence electrons. The van der Waals surface area contributed by atoms with Gasteiger partial charge in [-0.05, 0) is 48.0 Å². The van der Waals surface area contributed by atoms with Crippen molar-refractivity contribution >= 4 is 39.2 Å². The number of benzene rings is 3. The Hall–Kier alpha value is -3.43. The van der Waals surface area contributed by atoms with Crippen molar-refractivity contribution in [1.82, 2.24) is 5.32 Å². The summed E-state index contributed by atoms with van der Waals surface area (Å²) in [4.78, 5) is 24.8. The summed E-state index contributed by atoms with van der Waals surface area (Å²) in [7, 11) is -2.86. The Balaban J connectivity index is 1.81. The number of carbonyl (C=O) groups excluding carboxylic acids is 2. The van der Waals surface area contributed by atoms with Gasteiger partial charge in [0, 0.05) is 12.0 Å². The Morgan fingerprint density at radius 2 is 1.70 bits per heavy atom. The monoisotopic (exact) mass is 490 g/mol. The highest BCUT2D eigenvalue weighted by Crippen LogP contribution is 2.26. The molecular weight excluding hydrogens is 471 g/mol. The average molecular weight is 491 g/mol. The molecule has 0 aliphatic carbocycles. The number of halogens is 2. The van der Waals surface area contributed by atoms with Crippen LogP contribution in [0.4, 0.5) is 10.1 Å². The molecule has 0 saturated carbocycles. The molecule has 0 aliphatic rings. The maximum atomic E-state index is 13.1. The molecule has 3 aromatic rings. The third kappa shape index (κ3) is 6.30. The van der Waals surface area contributed by atoms with Crippen LogP contribution < -0.4 is 10.0 Å². The molecular formula is C23H20ClFN2O5S.